The van der Waals surface area contributed by atoms with Crippen molar-refractivity contribution in [2.75, 3.05) is 16.8 Å². The number of thiophene rings is 1. The zero-order valence-corrected chi connectivity index (χ0v) is 15.2. The van der Waals surface area contributed by atoms with Gasteiger partial charge in [0.25, 0.3) is 5.91 Å². The standard InChI is InChI=1S/C21H18N2O2S/c1-14(24)23-11-9-16-13-17(7-8-19(16)23)22-21(25)20-18(10-12-26-20)15-5-3-2-4-6-15/h2-8,10,12-13H,9,11H2,1H3,(H,22,25). The van der Waals surface area contributed by atoms with E-state index in [4.69, 9.17) is 0 Å². The number of fused-ring (bicyclic) bond motifs is 1. The van der Waals surface area contributed by atoms with Crippen molar-refractivity contribution in [1.82, 2.24) is 0 Å². The van der Waals surface area contributed by atoms with Gasteiger partial charge in [-0.05, 0) is 47.2 Å². The fourth-order valence-corrected chi connectivity index (χ4v) is 4.14. The molecule has 0 spiro atoms. The Bertz CT molecular complexity index is 979. The predicted octanol–water partition coefficient (Wildman–Crippen LogP) is 4.58. The second-order valence-corrected chi connectivity index (χ2v) is 7.16. The van der Waals surface area contributed by atoms with Gasteiger partial charge in [0.05, 0.1) is 4.88 Å². The van der Waals surface area contributed by atoms with Crippen molar-refractivity contribution >= 4 is 34.5 Å². The van der Waals surface area contributed by atoms with Crippen LogP contribution in [0.2, 0.25) is 0 Å². The third-order valence-electron chi connectivity index (χ3n) is 4.57. The molecular weight excluding hydrogens is 344 g/mol. The third-order valence-corrected chi connectivity index (χ3v) is 5.48. The highest BCUT2D eigenvalue weighted by atomic mass is 32.1. The van der Waals surface area contributed by atoms with Gasteiger partial charge < -0.3 is 10.2 Å². The van der Waals surface area contributed by atoms with E-state index in [1.165, 1.54) is 11.3 Å². The number of carbonyl (C=O) groups is 2. The molecule has 0 saturated heterocycles. The van der Waals surface area contributed by atoms with Gasteiger partial charge in [-0.3, -0.25) is 9.59 Å². The number of carbonyl (C=O) groups excluding carboxylic acids is 2. The summed E-state index contributed by atoms with van der Waals surface area (Å²) in [6.45, 7) is 2.28. The first-order valence-electron chi connectivity index (χ1n) is 8.49. The summed E-state index contributed by atoms with van der Waals surface area (Å²) in [6.07, 6.45) is 0.812. The van der Waals surface area contributed by atoms with Gasteiger partial charge in [0, 0.05) is 30.4 Å². The highest BCUT2D eigenvalue weighted by molar-refractivity contribution is 7.12. The lowest BCUT2D eigenvalue weighted by molar-refractivity contribution is -0.116. The van der Waals surface area contributed by atoms with E-state index in [2.05, 4.69) is 5.32 Å². The summed E-state index contributed by atoms with van der Waals surface area (Å²) in [4.78, 5) is 26.9. The number of nitrogens with one attached hydrogen (secondary N) is 1. The van der Waals surface area contributed by atoms with Crippen molar-refractivity contribution in [3.05, 3.63) is 70.4 Å². The van der Waals surface area contributed by atoms with Gasteiger partial charge in [0.2, 0.25) is 5.91 Å². The van der Waals surface area contributed by atoms with Crippen LogP contribution in [0.25, 0.3) is 11.1 Å². The predicted molar refractivity (Wildman–Crippen MR) is 106 cm³/mol. The Labute approximate surface area is 156 Å². The van der Waals surface area contributed by atoms with Crippen LogP contribution in [0.3, 0.4) is 0 Å². The number of anilines is 2. The third kappa shape index (κ3) is 3.02. The summed E-state index contributed by atoms with van der Waals surface area (Å²) in [5.41, 5.74) is 4.76. The topological polar surface area (TPSA) is 49.4 Å². The van der Waals surface area contributed by atoms with Crippen molar-refractivity contribution in [3.8, 4) is 11.1 Å². The lowest BCUT2D eigenvalue weighted by atomic mass is 10.1. The van der Waals surface area contributed by atoms with Crippen LogP contribution in [0.4, 0.5) is 11.4 Å². The SMILES string of the molecule is CC(=O)N1CCc2cc(NC(=O)c3sccc3-c3ccccc3)ccc21. The number of amides is 2. The minimum Gasteiger partial charge on any atom is -0.321 e. The second-order valence-electron chi connectivity index (χ2n) is 6.25. The van der Waals surface area contributed by atoms with Crippen LogP contribution in [0.15, 0.2) is 60.0 Å². The zero-order chi connectivity index (χ0) is 18.1. The van der Waals surface area contributed by atoms with Crippen LogP contribution in [-0.2, 0) is 11.2 Å². The van der Waals surface area contributed by atoms with Crippen LogP contribution in [0.1, 0.15) is 22.2 Å². The fourth-order valence-electron chi connectivity index (χ4n) is 3.32. The van der Waals surface area contributed by atoms with E-state index in [0.29, 0.717) is 11.4 Å². The Morgan fingerprint density at radius 2 is 1.88 bits per heavy atom. The van der Waals surface area contributed by atoms with Gasteiger partial charge in [-0.15, -0.1) is 11.3 Å². The second kappa shape index (κ2) is 6.77. The Hall–Kier alpha value is -2.92. The van der Waals surface area contributed by atoms with Crippen molar-refractivity contribution in [2.24, 2.45) is 0 Å². The van der Waals surface area contributed by atoms with E-state index in [1.807, 2.05) is 60.0 Å². The molecule has 5 heteroatoms. The summed E-state index contributed by atoms with van der Waals surface area (Å²) < 4.78 is 0. The average Bonchev–Trinajstić information content (AvgIpc) is 3.29. The van der Waals surface area contributed by atoms with Crippen molar-refractivity contribution in [1.29, 1.82) is 0 Å². The van der Waals surface area contributed by atoms with Gasteiger partial charge in [0.1, 0.15) is 0 Å². The largest absolute Gasteiger partial charge is 0.321 e. The molecule has 1 aromatic heterocycles. The number of hydrogen-bond acceptors (Lipinski definition) is 3. The molecule has 2 amide bonds. The van der Waals surface area contributed by atoms with Crippen LogP contribution in [-0.4, -0.2) is 18.4 Å². The van der Waals surface area contributed by atoms with Gasteiger partial charge in [0.15, 0.2) is 0 Å². The molecule has 0 bridgehead atoms. The van der Waals surface area contributed by atoms with Crippen LogP contribution in [0.5, 0.6) is 0 Å². The maximum absolute atomic E-state index is 12.8. The minimum atomic E-state index is -0.111. The van der Waals surface area contributed by atoms with E-state index in [9.17, 15) is 9.59 Å². The molecule has 4 rings (SSSR count). The van der Waals surface area contributed by atoms with Crippen LogP contribution in [0, 0.1) is 0 Å². The quantitative estimate of drug-likeness (QED) is 0.742. The monoisotopic (exact) mass is 362 g/mol. The molecule has 0 atom stereocenters. The maximum atomic E-state index is 12.8. The van der Waals surface area contributed by atoms with E-state index < -0.39 is 0 Å². The molecule has 0 unspecified atom stereocenters. The first-order valence-corrected chi connectivity index (χ1v) is 9.37. The van der Waals surface area contributed by atoms with Crippen molar-refractivity contribution in [3.63, 3.8) is 0 Å². The Morgan fingerprint density at radius 3 is 2.65 bits per heavy atom. The lowest BCUT2D eigenvalue weighted by Gasteiger charge is -2.15. The molecule has 1 aliphatic heterocycles. The van der Waals surface area contributed by atoms with Gasteiger partial charge >= 0.3 is 0 Å². The minimum absolute atomic E-state index is 0.0478. The van der Waals surface area contributed by atoms with E-state index in [-0.39, 0.29) is 11.8 Å². The summed E-state index contributed by atoms with van der Waals surface area (Å²) in [5.74, 6) is -0.0631. The van der Waals surface area contributed by atoms with E-state index in [1.54, 1.807) is 11.8 Å². The zero-order valence-electron chi connectivity index (χ0n) is 14.4. The van der Waals surface area contributed by atoms with Gasteiger partial charge in [-0.25, -0.2) is 0 Å². The molecule has 1 aliphatic rings. The molecule has 0 radical (unpaired) electrons. The molecular formula is C21H18N2O2S. The molecule has 1 N–H and O–H groups in total. The Kier molecular flexibility index (Phi) is 4.31. The number of rotatable bonds is 3. The summed E-state index contributed by atoms with van der Waals surface area (Å²) in [6, 6.07) is 17.6. The first-order chi connectivity index (χ1) is 12.6. The molecule has 3 aromatic rings. The Morgan fingerprint density at radius 1 is 1.08 bits per heavy atom. The molecule has 0 saturated carbocycles. The van der Waals surface area contributed by atoms with E-state index in [0.717, 1.165) is 34.5 Å². The molecule has 2 aromatic carbocycles. The van der Waals surface area contributed by atoms with Crippen molar-refractivity contribution < 1.29 is 9.59 Å². The lowest BCUT2D eigenvalue weighted by Crippen LogP contribution is -2.25. The maximum Gasteiger partial charge on any atom is 0.266 e. The fraction of sp³-hybridized carbons (Fsp3) is 0.143. The normalized spacial score (nSPS) is 12.7. The molecule has 4 nitrogen and oxygen atoms in total. The van der Waals surface area contributed by atoms with E-state index >= 15 is 0 Å². The molecule has 0 fully saturated rings. The van der Waals surface area contributed by atoms with Gasteiger partial charge in [-0.1, -0.05) is 30.3 Å². The first kappa shape index (κ1) is 16.5. The summed E-state index contributed by atoms with van der Waals surface area (Å²) >= 11 is 1.44. The number of benzene rings is 2. The van der Waals surface area contributed by atoms with Crippen LogP contribution < -0.4 is 10.2 Å². The molecule has 2 heterocycles. The summed E-state index contributed by atoms with van der Waals surface area (Å²) in [7, 11) is 0. The highest BCUT2D eigenvalue weighted by Gasteiger charge is 2.23. The molecule has 130 valence electrons. The molecule has 26 heavy (non-hydrogen) atoms. The average molecular weight is 362 g/mol. The van der Waals surface area contributed by atoms with Gasteiger partial charge in [-0.2, -0.15) is 0 Å². The number of nitrogens with zero attached hydrogens (tertiary/aromatic N) is 1. The van der Waals surface area contributed by atoms with Crippen LogP contribution >= 0.6 is 11.3 Å². The Balaban J connectivity index is 1.57. The smallest absolute Gasteiger partial charge is 0.266 e. The van der Waals surface area contributed by atoms with Crippen molar-refractivity contribution in [2.45, 2.75) is 13.3 Å². The highest BCUT2D eigenvalue weighted by Crippen LogP contribution is 2.32. The number of hydrogen-bond donors (Lipinski definition) is 1. The summed E-state index contributed by atoms with van der Waals surface area (Å²) in [5, 5.41) is 4.93. The molecule has 0 aliphatic carbocycles.